The van der Waals surface area contributed by atoms with Crippen LogP contribution in [0.3, 0.4) is 0 Å². The third-order valence-electron chi connectivity index (χ3n) is 5.47. The van der Waals surface area contributed by atoms with Crippen LogP contribution in [-0.4, -0.2) is 4.98 Å². The Morgan fingerprint density at radius 3 is 1.65 bits per heavy atom. The first-order valence-electron chi connectivity index (χ1n) is 12.4. The number of aryl methyl sites for hydroxylation is 2. The number of benzene rings is 3. The van der Waals surface area contributed by atoms with Gasteiger partial charge in [0.25, 0.3) is 0 Å². The molecule has 0 unspecified atom stereocenters. The SMILES string of the molecule is CC.CCC(C)C.Cc1ccc(N(c2ccc(C)cc2)c2cccc(-c3ccccn3)c2)cc1. The van der Waals surface area contributed by atoms with Crippen LogP contribution in [0.25, 0.3) is 11.3 Å². The maximum absolute atomic E-state index is 4.50. The number of hydrogen-bond donors (Lipinski definition) is 0. The second-order valence-electron chi connectivity index (χ2n) is 8.57. The van der Waals surface area contributed by atoms with Crippen molar-refractivity contribution in [2.75, 3.05) is 4.90 Å². The van der Waals surface area contributed by atoms with Gasteiger partial charge in [0.05, 0.1) is 5.69 Å². The van der Waals surface area contributed by atoms with Crippen LogP contribution in [0, 0.1) is 19.8 Å². The molecule has 2 nitrogen and oxygen atoms in total. The fourth-order valence-electron chi connectivity index (χ4n) is 3.17. The molecule has 0 fully saturated rings. The summed E-state index contributed by atoms with van der Waals surface area (Å²) in [6, 6.07) is 31.8. The molecular weight excluding hydrogens is 412 g/mol. The van der Waals surface area contributed by atoms with E-state index in [2.05, 4.69) is 117 Å². The third kappa shape index (κ3) is 7.88. The minimum Gasteiger partial charge on any atom is -0.310 e. The number of rotatable bonds is 5. The summed E-state index contributed by atoms with van der Waals surface area (Å²) < 4.78 is 0. The second kappa shape index (κ2) is 14.0. The van der Waals surface area contributed by atoms with Crippen LogP contribution in [0.5, 0.6) is 0 Å². The molecule has 1 heterocycles. The number of pyridine rings is 1. The molecule has 4 rings (SSSR count). The summed E-state index contributed by atoms with van der Waals surface area (Å²) in [7, 11) is 0. The highest BCUT2D eigenvalue weighted by atomic mass is 15.1. The van der Waals surface area contributed by atoms with Gasteiger partial charge in [0.1, 0.15) is 0 Å². The summed E-state index contributed by atoms with van der Waals surface area (Å²) in [6.07, 6.45) is 3.14. The molecule has 0 aliphatic rings. The van der Waals surface area contributed by atoms with Crippen molar-refractivity contribution in [3.8, 4) is 11.3 Å². The minimum absolute atomic E-state index is 0.884. The summed E-state index contributed by atoms with van der Waals surface area (Å²) in [5.74, 6) is 0.884. The van der Waals surface area contributed by atoms with Crippen molar-refractivity contribution in [2.24, 2.45) is 5.92 Å². The average Bonchev–Trinajstić information content (AvgIpc) is 2.89. The number of hydrogen-bond acceptors (Lipinski definition) is 2. The van der Waals surface area contributed by atoms with Crippen molar-refractivity contribution >= 4 is 17.1 Å². The second-order valence-corrected chi connectivity index (χ2v) is 8.57. The van der Waals surface area contributed by atoms with Gasteiger partial charge in [-0.05, 0) is 68.3 Å². The Balaban J connectivity index is 0.000000520. The van der Waals surface area contributed by atoms with Crippen LogP contribution >= 0.6 is 0 Å². The molecule has 4 aromatic rings. The van der Waals surface area contributed by atoms with E-state index in [1.807, 2.05) is 38.2 Å². The first-order valence-corrected chi connectivity index (χ1v) is 12.4. The summed E-state index contributed by atoms with van der Waals surface area (Å²) in [5.41, 5.74) is 8.00. The fraction of sp³-hybridized carbons (Fsp3) is 0.281. The van der Waals surface area contributed by atoms with Crippen LogP contribution in [-0.2, 0) is 0 Å². The summed E-state index contributed by atoms with van der Waals surface area (Å²) >= 11 is 0. The lowest BCUT2D eigenvalue weighted by Crippen LogP contribution is -2.10. The lowest BCUT2D eigenvalue weighted by atomic mass is 10.1. The van der Waals surface area contributed by atoms with Gasteiger partial charge < -0.3 is 4.90 Å². The zero-order chi connectivity index (χ0) is 24.9. The molecule has 34 heavy (non-hydrogen) atoms. The summed E-state index contributed by atoms with van der Waals surface area (Å²) in [4.78, 5) is 6.78. The lowest BCUT2D eigenvalue weighted by molar-refractivity contribution is 0.626. The van der Waals surface area contributed by atoms with Gasteiger partial charge in [-0.2, -0.15) is 0 Å². The van der Waals surface area contributed by atoms with Crippen LogP contribution in [0.2, 0.25) is 0 Å². The zero-order valence-electron chi connectivity index (χ0n) is 21.9. The van der Waals surface area contributed by atoms with E-state index in [-0.39, 0.29) is 0 Å². The summed E-state index contributed by atoms with van der Waals surface area (Å²) in [5, 5.41) is 0. The van der Waals surface area contributed by atoms with Gasteiger partial charge in [-0.15, -0.1) is 0 Å². The largest absolute Gasteiger partial charge is 0.310 e. The zero-order valence-corrected chi connectivity index (χ0v) is 21.9. The van der Waals surface area contributed by atoms with Crippen molar-refractivity contribution in [1.82, 2.24) is 4.98 Å². The predicted octanol–water partition coefficient (Wildman–Crippen LogP) is 9.91. The Labute approximate surface area is 207 Å². The third-order valence-corrected chi connectivity index (χ3v) is 5.47. The van der Waals surface area contributed by atoms with E-state index in [0.29, 0.717) is 0 Å². The first-order chi connectivity index (χ1) is 16.5. The standard InChI is InChI=1S/C25H22N2.C5H12.C2H6/c1-19-9-13-22(14-10-19)27(23-15-11-20(2)12-16-23)24-7-5-6-21(18-24)25-8-3-4-17-26-25;1-4-5(2)3;1-2/h3-18H,1-2H3;5H,4H2,1-3H3;1-2H3. The average molecular weight is 453 g/mol. The Hall–Kier alpha value is -3.39. The molecule has 0 atom stereocenters. The molecule has 178 valence electrons. The molecule has 1 aromatic heterocycles. The van der Waals surface area contributed by atoms with Crippen LogP contribution in [0.4, 0.5) is 17.1 Å². The molecule has 0 aliphatic heterocycles. The quantitative estimate of drug-likeness (QED) is 0.299. The molecule has 0 bridgehead atoms. The Morgan fingerprint density at radius 2 is 1.21 bits per heavy atom. The molecule has 0 saturated heterocycles. The Morgan fingerprint density at radius 1 is 0.676 bits per heavy atom. The molecule has 0 aliphatic carbocycles. The maximum Gasteiger partial charge on any atom is 0.0702 e. The van der Waals surface area contributed by atoms with Gasteiger partial charge in [0.15, 0.2) is 0 Å². The molecule has 0 N–H and O–H groups in total. The van der Waals surface area contributed by atoms with E-state index in [1.165, 1.54) is 17.5 Å². The molecular formula is C32H40N2. The highest BCUT2D eigenvalue weighted by Gasteiger charge is 2.13. The fourth-order valence-corrected chi connectivity index (χ4v) is 3.17. The molecule has 2 heteroatoms. The molecule has 0 saturated carbocycles. The molecule has 0 spiro atoms. The van der Waals surface area contributed by atoms with E-state index in [9.17, 15) is 0 Å². The molecule has 0 amide bonds. The van der Waals surface area contributed by atoms with E-state index < -0.39 is 0 Å². The number of nitrogens with zero attached hydrogens (tertiary/aromatic N) is 2. The molecule has 3 aromatic carbocycles. The van der Waals surface area contributed by atoms with Crippen molar-refractivity contribution in [2.45, 2.75) is 54.9 Å². The van der Waals surface area contributed by atoms with Gasteiger partial charge in [0, 0.05) is 28.8 Å². The van der Waals surface area contributed by atoms with Gasteiger partial charge in [0.2, 0.25) is 0 Å². The predicted molar refractivity (Wildman–Crippen MR) is 150 cm³/mol. The lowest BCUT2D eigenvalue weighted by Gasteiger charge is -2.26. The van der Waals surface area contributed by atoms with Crippen molar-refractivity contribution in [1.29, 1.82) is 0 Å². The Kier molecular flexibility index (Phi) is 11.1. The number of anilines is 3. The maximum atomic E-state index is 4.50. The summed E-state index contributed by atoms with van der Waals surface area (Å²) in [6.45, 7) is 14.9. The molecule has 0 radical (unpaired) electrons. The van der Waals surface area contributed by atoms with Gasteiger partial charge >= 0.3 is 0 Å². The van der Waals surface area contributed by atoms with E-state index >= 15 is 0 Å². The van der Waals surface area contributed by atoms with Crippen LogP contribution in [0.1, 0.15) is 52.2 Å². The van der Waals surface area contributed by atoms with Gasteiger partial charge in [-0.1, -0.05) is 94.6 Å². The highest BCUT2D eigenvalue weighted by molar-refractivity contribution is 5.79. The smallest absolute Gasteiger partial charge is 0.0702 e. The highest BCUT2D eigenvalue weighted by Crippen LogP contribution is 2.36. The monoisotopic (exact) mass is 452 g/mol. The minimum atomic E-state index is 0.884. The van der Waals surface area contributed by atoms with Crippen molar-refractivity contribution in [3.63, 3.8) is 0 Å². The van der Waals surface area contributed by atoms with Crippen molar-refractivity contribution < 1.29 is 0 Å². The van der Waals surface area contributed by atoms with Crippen molar-refractivity contribution in [3.05, 3.63) is 108 Å². The normalized spacial score (nSPS) is 10.0. The van der Waals surface area contributed by atoms with Gasteiger partial charge in [-0.3, -0.25) is 4.98 Å². The first kappa shape index (κ1) is 26.9. The van der Waals surface area contributed by atoms with E-state index in [1.54, 1.807) is 0 Å². The van der Waals surface area contributed by atoms with Crippen LogP contribution < -0.4 is 4.90 Å². The van der Waals surface area contributed by atoms with E-state index in [4.69, 9.17) is 0 Å². The van der Waals surface area contributed by atoms with Crippen LogP contribution in [0.15, 0.2) is 97.2 Å². The van der Waals surface area contributed by atoms with Gasteiger partial charge in [-0.25, -0.2) is 0 Å². The Bertz CT molecular complexity index is 1040. The van der Waals surface area contributed by atoms with E-state index in [0.717, 1.165) is 34.2 Å². The number of aromatic nitrogens is 1. The topological polar surface area (TPSA) is 16.1 Å².